The van der Waals surface area contributed by atoms with Gasteiger partial charge < -0.3 is 5.73 Å². The van der Waals surface area contributed by atoms with Gasteiger partial charge in [0.05, 0.1) is 0 Å². The van der Waals surface area contributed by atoms with E-state index in [2.05, 4.69) is 10.9 Å². The van der Waals surface area contributed by atoms with Crippen molar-refractivity contribution in [3.05, 3.63) is 0 Å². The maximum Gasteiger partial charge on any atom is 0.254 e. The van der Waals surface area contributed by atoms with Gasteiger partial charge in [-0.25, -0.2) is 0 Å². The Morgan fingerprint density at radius 2 is 1.77 bits per heavy atom. The van der Waals surface area contributed by atoms with Crippen LogP contribution in [0, 0.1) is 5.41 Å². The molecule has 6 nitrogen and oxygen atoms in total. The van der Waals surface area contributed by atoms with E-state index in [4.69, 9.17) is 5.73 Å². The van der Waals surface area contributed by atoms with Crippen LogP contribution in [-0.4, -0.2) is 17.7 Å². The number of amides is 3. The fourth-order valence-corrected chi connectivity index (χ4v) is 0.975. The van der Waals surface area contributed by atoms with E-state index in [1.807, 2.05) is 0 Å². The van der Waals surface area contributed by atoms with Crippen molar-refractivity contribution < 1.29 is 14.4 Å². The second-order valence-corrected chi connectivity index (χ2v) is 3.08. The molecule has 0 aliphatic heterocycles. The van der Waals surface area contributed by atoms with Crippen LogP contribution in [-0.2, 0) is 14.4 Å². The third-order valence-corrected chi connectivity index (χ3v) is 2.01. The Morgan fingerprint density at radius 1 is 1.23 bits per heavy atom. The number of hydrogen-bond acceptors (Lipinski definition) is 3. The predicted molar refractivity (Wildman–Crippen MR) is 42.8 cm³/mol. The quantitative estimate of drug-likeness (QED) is 0.357. The summed E-state index contributed by atoms with van der Waals surface area (Å²) in [6.07, 6.45) is 0.904. The van der Waals surface area contributed by atoms with Crippen molar-refractivity contribution in [2.75, 3.05) is 0 Å². The second kappa shape index (κ2) is 3.04. The zero-order valence-electron chi connectivity index (χ0n) is 7.22. The molecule has 1 rings (SSSR count). The molecule has 0 radical (unpaired) electrons. The monoisotopic (exact) mass is 185 g/mol. The van der Waals surface area contributed by atoms with Gasteiger partial charge in [0.25, 0.3) is 5.91 Å². The number of rotatable bonds is 2. The van der Waals surface area contributed by atoms with Crippen molar-refractivity contribution in [1.82, 2.24) is 10.9 Å². The Kier molecular flexibility index (Phi) is 2.22. The van der Waals surface area contributed by atoms with Crippen LogP contribution in [0.15, 0.2) is 0 Å². The number of nitrogens with two attached hydrogens (primary N) is 1. The summed E-state index contributed by atoms with van der Waals surface area (Å²) in [5.41, 5.74) is 8.17. The van der Waals surface area contributed by atoms with Crippen LogP contribution < -0.4 is 16.6 Å². The summed E-state index contributed by atoms with van der Waals surface area (Å²) < 4.78 is 0. The average molecular weight is 185 g/mol. The molecule has 72 valence electrons. The van der Waals surface area contributed by atoms with Gasteiger partial charge in [-0.05, 0) is 12.8 Å². The molecule has 0 aromatic heterocycles. The Bertz CT molecular complexity index is 270. The molecule has 0 unspecified atom stereocenters. The van der Waals surface area contributed by atoms with Crippen LogP contribution in [0.2, 0.25) is 0 Å². The van der Waals surface area contributed by atoms with Crippen molar-refractivity contribution in [2.45, 2.75) is 19.8 Å². The van der Waals surface area contributed by atoms with Gasteiger partial charge >= 0.3 is 0 Å². The van der Waals surface area contributed by atoms with Crippen LogP contribution in [0.4, 0.5) is 0 Å². The zero-order chi connectivity index (χ0) is 10.1. The maximum absolute atomic E-state index is 11.2. The summed E-state index contributed by atoms with van der Waals surface area (Å²) in [5.74, 6) is -1.57. The molecule has 0 saturated heterocycles. The van der Waals surface area contributed by atoms with E-state index in [1.165, 1.54) is 6.92 Å². The van der Waals surface area contributed by atoms with Gasteiger partial charge in [-0.3, -0.25) is 25.2 Å². The third kappa shape index (κ3) is 1.77. The highest BCUT2D eigenvalue weighted by Crippen LogP contribution is 2.45. The van der Waals surface area contributed by atoms with E-state index in [9.17, 15) is 14.4 Å². The van der Waals surface area contributed by atoms with Crippen LogP contribution in [0.3, 0.4) is 0 Å². The van der Waals surface area contributed by atoms with E-state index in [1.54, 1.807) is 0 Å². The van der Waals surface area contributed by atoms with Gasteiger partial charge in [0.1, 0.15) is 5.41 Å². The lowest BCUT2D eigenvalue weighted by Gasteiger charge is -2.10. The van der Waals surface area contributed by atoms with Crippen molar-refractivity contribution in [3.63, 3.8) is 0 Å². The van der Waals surface area contributed by atoms with Gasteiger partial charge in [-0.1, -0.05) is 0 Å². The Hall–Kier alpha value is -1.59. The Labute approximate surface area is 74.8 Å². The number of nitrogens with one attached hydrogen (secondary N) is 2. The first-order chi connectivity index (χ1) is 5.99. The number of carbonyl (C=O) groups is 3. The molecule has 1 saturated carbocycles. The number of hydrazine groups is 1. The molecule has 1 aliphatic rings. The SMILES string of the molecule is CC(=O)NNC(=O)C1(C(N)=O)CC1. The van der Waals surface area contributed by atoms with Crippen molar-refractivity contribution in [2.24, 2.45) is 11.1 Å². The minimum Gasteiger partial charge on any atom is -0.369 e. The van der Waals surface area contributed by atoms with Crippen molar-refractivity contribution in [1.29, 1.82) is 0 Å². The van der Waals surface area contributed by atoms with E-state index in [0.29, 0.717) is 12.8 Å². The molecule has 0 heterocycles. The summed E-state index contributed by atoms with van der Waals surface area (Å²) in [6.45, 7) is 1.25. The summed E-state index contributed by atoms with van der Waals surface area (Å²) in [7, 11) is 0. The standard InChI is InChI=1S/C7H11N3O3/c1-4(11)9-10-6(13)7(2-3-7)5(8)12/h2-3H2,1H3,(H2,8,12)(H,9,11)(H,10,13). The first-order valence-corrected chi connectivity index (χ1v) is 3.86. The summed E-state index contributed by atoms with van der Waals surface area (Å²) >= 11 is 0. The molecule has 0 spiro atoms. The van der Waals surface area contributed by atoms with Gasteiger partial charge in [0.2, 0.25) is 11.8 Å². The van der Waals surface area contributed by atoms with E-state index < -0.39 is 23.1 Å². The highest BCUT2D eigenvalue weighted by molar-refractivity contribution is 6.07. The van der Waals surface area contributed by atoms with E-state index >= 15 is 0 Å². The number of hydrogen-bond donors (Lipinski definition) is 3. The molecule has 0 aromatic rings. The fraction of sp³-hybridized carbons (Fsp3) is 0.571. The summed E-state index contributed by atoms with van der Waals surface area (Å²) in [5, 5.41) is 0. The molecule has 1 aliphatic carbocycles. The Balaban J connectivity index is 2.49. The molecule has 3 amide bonds. The third-order valence-electron chi connectivity index (χ3n) is 2.01. The maximum atomic E-state index is 11.2. The first kappa shape index (κ1) is 9.50. The van der Waals surface area contributed by atoms with Gasteiger partial charge in [0, 0.05) is 6.92 Å². The molecule has 0 bridgehead atoms. The van der Waals surface area contributed by atoms with Gasteiger partial charge in [0.15, 0.2) is 0 Å². The lowest BCUT2D eigenvalue weighted by Crippen LogP contribution is -2.48. The lowest BCUT2D eigenvalue weighted by atomic mass is 10.1. The highest BCUT2D eigenvalue weighted by atomic mass is 16.2. The Morgan fingerprint density at radius 3 is 2.08 bits per heavy atom. The number of carbonyl (C=O) groups excluding carboxylic acids is 3. The molecule has 13 heavy (non-hydrogen) atoms. The lowest BCUT2D eigenvalue weighted by molar-refractivity contribution is -0.138. The van der Waals surface area contributed by atoms with E-state index in [-0.39, 0.29) is 0 Å². The normalized spacial score (nSPS) is 17.3. The van der Waals surface area contributed by atoms with Gasteiger partial charge in [-0.15, -0.1) is 0 Å². The molecule has 1 fully saturated rings. The molecule has 0 aromatic carbocycles. The minimum absolute atomic E-state index is 0.395. The fourth-order valence-electron chi connectivity index (χ4n) is 0.975. The smallest absolute Gasteiger partial charge is 0.254 e. The van der Waals surface area contributed by atoms with Crippen LogP contribution in [0.5, 0.6) is 0 Å². The van der Waals surface area contributed by atoms with Crippen LogP contribution >= 0.6 is 0 Å². The zero-order valence-corrected chi connectivity index (χ0v) is 7.22. The predicted octanol–water partition coefficient (Wildman–Crippen LogP) is -1.58. The van der Waals surface area contributed by atoms with Crippen molar-refractivity contribution in [3.8, 4) is 0 Å². The largest absolute Gasteiger partial charge is 0.369 e. The summed E-state index contributed by atoms with van der Waals surface area (Å²) in [6, 6.07) is 0. The molecule has 4 N–H and O–H groups in total. The van der Waals surface area contributed by atoms with Crippen molar-refractivity contribution >= 4 is 17.7 Å². The van der Waals surface area contributed by atoms with Gasteiger partial charge in [-0.2, -0.15) is 0 Å². The molecule has 6 heteroatoms. The molecular formula is C7H11N3O3. The second-order valence-electron chi connectivity index (χ2n) is 3.08. The minimum atomic E-state index is -1.08. The highest BCUT2D eigenvalue weighted by Gasteiger charge is 2.55. The average Bonchev–Trinajstić information content (AvgIpc) is 2.79. The number of primary amides is 1. The van der Waals surface area contributed by atoms with Crippen LogP contribution in [0.25, 0.3) is 0 Å². The topological polar surface area (TPSA) is 101 Å². The summed E-state index contributed by atoms with van der Waals surface area (Å²) in [4.78, 5) is 32.5. The van der Waals surface area contributed by atoms with E-state index in [0.717, 1.165) is 0 Å². The first-order valence-electron chi connectivity index (χ1n) is 3.86. The molecular weight excluding hydrogens is 174 g/mol. The molecule has 0 atom stereocenters. The van der Waals surface area contributed by atoms with Crippen LogP contribution in [0.1, 0.15) is 19.8 Å².